The predicted molar refractivity (Wildman–Crippen MR) is 80.0 cm³/mol. The molecule has 1 fully saturated rings. The van der Waals surface area contributed by atoms with Gasteiger partial charge >= 0.3 is 5.97 Å². The van der Waals surface area contributed by atoms with Crippen molar-refractivity contribution in [3.63, 3.8) is 0 Å². The van der Waals surface area contributed by atoms with Crippen molar-refractivity contribution >= 4 is 5.97 Å². The van der Waals surface area contributed by atoms with Crippen molar-refractivity contribution in [1.29, 1.82) is 0 Å². The lowest BCUT2D eigenvalue weighted by Gasteiger charge is -2.27. The van der Waals surface area contributed by atoms with Crippen LogP contribution < -0.4 is 0 Å². The lowest BCUT2D eigenvalue weighted by atomic mass is 9.98. The average Bonchev–Trinajstić information content (AvgIpc) is 2.82. The van der Waals surface area contributed by atoms with Gasteiger partial charge in [-0.2, -0.15) is 0 Å². The van der Waals surface area contributed by atoms with Crippen LogP contribution in [0.2, 0.25) is 0 Å². The molecule has 20 heavy (non-hydrogen) atoms. The van der Waals surface area contributed by atoms with E-state index in [4.69, 9.17) is 0 Å². The second-order valence-corrected chi connectivity index (χ2v) is 5.80. The van der Waals surface area contributed by atoms with Crippen LogP contribution >= 0.6 is 0 Å². The molecular formula is C16H24N2O2. The first-order chi connectivity index (χ1) is 9.58. The quantitative estimate of drug-likeness (QED) is 0.861. The van der Waals surface area contributed by atoms with Crippen molar-refractivity contribution in [3.8, 4) is 0 Å². The molecule has 0 bridgehead atoms. The van der Waals surface area contributed by atoms with Crippen molar-refractivity contribution in [2.24, 2.45) is 0 Å². The minimum Gasteiger partial charge on any atom is -0.481 e. The maximum atomic E-state index is 11.5. The van der Waals surface area contributed by atoms with E-state index in [2.05, 4.69) is 16.8 Å². The van der Waals surface area contributed by atoms with Gasteiger partial charge in [0.15, 0.2) is 0 Å². The Labute approximate surface area is 121 Å². The predicted octanol–water partition coefficient (Wildman–Crippen LogP) is 1.88. The van der Waals surface area contributed by atoms with E-state index in [1.54, 1.807) is 0 Å². The van der Waals surface area contributed by atoms with E-state index in [1.165, 1.54) is 12.8 Å². The van der Waals surface area contributed by atoms with Gasteiger partial charge in [0.1, 0.15) is 0 Å². The third-order valence-electron chi connectivity index (χ3n) is 4.19. The third-order valence-corrected chi connectivity index (χ3v) is 4.19. The van der Waals surface area contributed by atoms with Crippen LogP contribution in [-0.2, 0) is 4.79 Å². The molecule has 0 aliphatic carbocycles. The fourth-order valence-corrected chi connectivity index (χ4v) is 2.97. The Morgan fingerprint density at radius 1 is 1.45 bits per heavy atom. The highest BCUT2D eigenvalue weighted by Crippen LogP contribution is 2.19. The molecule has 1 N–H and O–H groups in total. The van der Waals surface area contributed by atoms with Crippen LogP contribution in [0, 0.1) is 0 Å². The highest BCUT2D eigenvalue weighted by molar-refractivity contribution is 5.76. The van der Waals surface area contributed by atoms with Gasteiger partial charge in [-0.1, -0.05) is 30.3 Å². The molecule has 0 spiro atoms. The van der Waals surface area contributed by atoms with Gasteiger partial charge in [-0.3, -0.25) is 4.79 Å². The molecule has 1 aromatic rings. The summed E-state index contributed by atoms with van der Waals surface area (Å²) < 4.78 is 0. The van der Waals surface area contributed by atoms with E-state index in [9.17, 15) is 9.90 Å². The number of benzene rings is 1. The smallest absolute Gasteiger partial charge is 0.312 e. The van der Waals surface area contributed by atoms with Gasteiger partial charge in [-0.25, -0.2) is 0 Å². The molecule has 110 valence electrons. The van der Waals surface area contributed by atoms with Gasteiger partial charge in [0, 0.05) is 19.1 Å². The SMILES string of the molecule is CN(CC(C(=O)O)c1ccccc1)CC1CCCN1C. The number of hydrogen-bond donors (Lipinski definition) is 1. The second kappa shape index (κ2) is 6.86. The van der Waals surface area contributed by atoms with Crippen LogP contribution in [0.1, 0.15) is 24.3 Å². The maximum absolute atomic E-state index is 11.5. The Balaban J connectivity index is 1.96. The molecule has 0 aromatic heterocycles. The Morgan fingerprint density at radius 3 is 2.70 bits per heavy atom. The summed E-state index contributed by atoms with van der Waals surface area (Å²) in [6.07, 6.45) is 2.46. The molecule has 1 aliphatic heterocycles. The summed E-state index contributed by atoms with van der Waals surface area (Å²) in [5.41, 5.74) is 0.881. The fourth-order valence-electron chi connectivity index (χ4n) is 2.97. The molecule has 1 heterocycles. The summed E-state index contributed by atoms with van der Waals surface area (Å²) in [6.45, 7) is 2.65. The average molecular weight is 276 g/mol. The van der Waals surface area contributed by atoms with Crippen molar-refractivity contribution in [2.75, 3.05) is 33.7 Å². The molecule has 1 aromatic carbocycles. The number of carboxylic acid groups (broad SMARTS) is 1. The van der Waals surface area contributed by atoms with Crippen molar-refractivity contribution in [3.05, 3.63) is 35.9 Å². The number of aliphatic carboxylic acids is 1. The first kappa shape index (κ1) is 15.0. The van der Waals surface area contributed by atoms with E-state index >= 15 is 0 Å². The Kier molecular flexibility index (Phi) is 5.15. The summed E-state index contributed by atoms with van der Waals surface area (Å²) in [5, 5.41) is 9.45. The lowest BCUT2D eigenvalue weighted by Crippen LogP contribution is -2.39. The van der Waals surface area contributed by atoms with E-state index in [0.717, 1.165) is 18.7 Å². The van der Waals surface area contributed by atoms with Crippen LogP contribution in [0.15, 0.2) is 30.3 Å². The van der Waals surface area contributed by atoms with Crippen LogP contribution in [0.3, 0.4) is 0 Å². The summed E-state index contributed by atoms with van der Waals surface area (Å²) in [6, 6.07) is 10.1. The molecule has 2 rings (SSSR count). The van der Waals surface area contributed by atoms with Crippen LogP contribution in [-0.4, -0.2) is 60.6 Å². The highest BCUT2D eigenvalue weighted by Gasteiger charge is 2.25. The van der Waals surface area contributed by atoms with Crippen LogP contribution in [0.5, 0.6) is 0 Å². The molecular weight excluding hydrogens is 252 g/mol. The number of hydrogen-bond acceptors (Lipinski definition) is 3. The van der Waals surface area contributed by atoms with E-state index in [1.807, 2.05) is 37.4 Å². The van der Waals surface area contributed by atoms with Crippen molar-refractivity contribution < 1.29 is 9.90 Å². The van der Waals surface area contributed by atoms with E-state index < -0.39 is 11.9 Å². The molecule has 0 amide bonds. The van der Waals surface area contributed by atoms with Gasteiger partial charge in [0.25, 0.3) is 0 Å². The molecule has 4 heteroatoms. The van der Waals surface area contributed by atoms with Gasteiger partial charge in [-0.05, 0) is 39.0 Å². The molecule has 2 atom stereocenters. The zero-order chi connectivity index (χ0) is 14.5. The monoisotopic (exact) mass is 276 g/mol. The minimum absolute atomic E-state index is 0.451. The Morgan fingerprint density at radius 2 is 2.15 bits per heavy atom. The van der Waals surface area contributed by atoms with Crippen LogP contribution in [0.4, 0.5) is 0 Å². The second-order valence-electron chi connectivity index (χ2n) is 5.80. The molecule has 1 saturated heterocycles. The largest absolute Gasteiger partial charge is 0.481 e. The van der Waals surface area contributed by atoms with Gasteiger partial charge in [0.2, 0.25) is 0 Å². The van der Waals surface area contributed by atoms with Crippen LogP contribution in [0.25, 0.3) is 0 Å². The number of rotatable bonds is 6. The van der Waals surface area contributed by atoms with Gasteiger partial charge in [0.05, 0.1) is 5.92 Å². The third kappa shape index (κ3) is 3.81. The van der Waals surface area contributed by atoms with Crippen molar-refractivity contribution in [2.45, 2.75) is 24.8 Å². The van der Waals surface area contributed by atoms with E-state index in [0.29, 0.717) is 12.6 Å². The summed E-state index contributed by atoms with van der Waals surface area (Å²) in [5.74, 6) is -1.20. The first-order valence-electron chi connectivity index (χ1n) is 7.24. The zero-order valence-electron chi connectivity index (χ0n) is 12.3. The maximum Gasteiger partial charge on any atom is 0.312 e. The summed E-state index contributed by atoms with van der Waals surface area (Å²) in [7, 11) is 4.17. The Bertz CT molecular complexity index is 435. The topological polar surface area (TPSA) is 43.8 Å². The lowest BCUT2D eigenvalue weighted by molar-refractivity contribution is -0.139. The number of carboxylic acids is 1. The van der Waals surface area contributed by atoms with Gasteiger partial charge in [-0.15, -0.1) is 0 Å². The molecule has 0 saturated carbocycles. The van der Waals surface area contributed by atoms with E-state index in [-0.39, 0.29) is 0 Å². The summed E-state index contributed by atoms with van der Waals surface area (Å²) >= 11 is 0. The number of nitrogens with zero attached hydrogens (tertiary/aromatic N) is 2. The number of likely N-dealkylation sites (N-methyl/N-ethyl adjacent to an activating group) is 2. The normalized spacial score (nSPS) is 21.2. The zero-order valence-corrected chi connectivity index (χ0v) is 12.3. The minimum atomic E-state index is -0.747. The highest BCUT2D eigenvalue weighted by atomic mass is 16.4. The fraction of sp³-hybridized carbons (Fsp3) is 0.562. The first-order valence-corrected chi connectivity index (χ1v) is 7.24. The summed E-state index contributed by atoms with van der Waals surface area (Å²) in [4.78, 5) is 16.0. The molecule has 0 radical (unpaired) electrons. The number of carbonyl (C=O) groups is 1. The van der Waals surface area contributed by atoms with Gasteiger partial charge < -0.3 is 14.9 Å². The Hall–Kier alpha value is -1.39. The van der Waals surface area contributed by atoms with Crippen molar-refractivity contribution in [1.82, 2.24) is 9.80 Å². The molecule has 4 nitrogen and oxygen atoms in total. The molecule has 2 unspecified atom stereocenters. The number of likely N-dealkylation sites (tertiary alicyclic amines) is 1. The standard InChI is InChI=1S/C16H24N2O2/c1-17(11-14-9-6-10-18(14)2)12-15(16(19)20)13-7-4-3-5-8-13/h3-5,7-8,14-15H,6,9-12H2,1-2H3,(H,19,20). The molecule has 1 aliphatic rings.